The van der Waals surface area contributed by atoms with Gasteiger partial charge in [-0.3, -0.25) is 4.79 Å². The third kappa shape index (κ3) is 4.58. The molecule has 1 atom stereocenters. The number of rotatable bonds is 6. The number of allylic oxidation sites excluding steroid dienone is 1. The molecule has 5 nitrogen and oxygen atoms in total. The van der Waals surface area contributed by atoms with E-state index >= 15 is 0 Å². The third-order valence-electron chi connectivity index (χ3n) is 2.68. The highest BCUT2D eigenvalue weighted by Gasteiger charge is 2.19. The minimum atomic E-state index is -1.08. The first-order chi connectivity index (χ1) is 9.58. The van der Waals surface area contributed by atoms with Gasteiger partial charge >= 0.3 is 5.97 Å². The van der Waals surface area contributed by atoms with Gasteiger partial charge in [0.25, 0.3) is 5.91 Å². The van der Waals surface area contributed by atoms with Crippen LogP contribution in [0.5, 0.6) is 0 Å². The number of nitrogens with zero attached hydrogens (tertiary/aromatic N) is 1. The summed E-state index contributed by atoms with van der Waals surface area (Å²) < 4.78 is 0. The summed E-state index contributed by atoms with van der Waals surface area (Å²) in [5, 5.41) is 20.1. The van der Waals surface area contributed by atoms with E-state index in [1.165, 1.54) is 0 Å². The molecular formula is C15H16N2O3. The molecule has 1 amide bonds. The molecule has 5 heteroatoms. The second-order valence-corrected chi connectivity index (χ2v) is 4.20. The monoisotopic (exact) mass is 272 g/mol. The van der Waals surface area contributed by atoms with E-state index in [-0.39, 0.29) is 12.8 Å². The summed E-state index contributed by atoms with van der Waals surface area (Å²) in [6.07, 6.45) is 3.86. The molecule has 0 aliphatic heterocycles. The summed E-state index contributed by atoms with van der Waals surface area (Å²) >= 11 is 0. The Kier molecular flexibility index (Phi) is 5.98. The van der Waals surface area contributed by atoms with Crippen LogP contribution < -0.4 is 5.32 Å². The van der Waals surface area contributed by atoms with Crippen LogP contribution in [0.3, 0.4) is 0 Å². The normalized spacial score (nSPS) is 11.8. The fourth-order valence-corrected chi connectivity index (χ4v) is 1.65. The van der Waals surface area contributed by atoms with Crippen LogP contribution in [0.25, 0.3) is 0 Å². The average molecular weight is 272 g/mol. The largest absolute Gasteiger partial charge is 0.480 e. The van der Waals surface area contributed by atoms with Gasteiger partial charge in [0, 0.05) is 5.56 Å². The van der Waals surface area contributed by atoms with Gasteiger partial charge in [0.05, 0.1) is 12.5 Å². The number of carboxylic acids is 1. The molecule has 0 aromatic heterocycles. The lowest BCUT2D eigenvalue weighted by Gasteiger charge is -2.13. The molecule has 0 bridgehead atoms. The number of hydrogen-bond donors (Lipinski definition) is 2. The van der Waals surface area contributed by atoms with Crippen LogP contribution in [0.2, 0.25) is 0 Å². The Labute approximate surface area is 117 Å². The molecule has 1 aromatic carbocycles. The Morgan fingerprint density at radius 1 is 1.50 bits per heavy atom. The highest BCUT2D eigenvalue weighted by molar-refractivity contribution is 5.96. The molecule has 104 valence electrons. The Bertz CT molecular complexity index is 558. The zero-order valence-corrected chi connectivity index (χ0v) is 11.2. The first-order valence-corrected chi connectivity index (χ1v) is 6.19. The summed E-state index contributed by atoms with van der Waals surface area (Å²) in [6.45, 7) is 1.78. The van der Waals surface area contributed by atoms with Gasteiger partial charge in [0.15, 0.2) is 0 Å². The summed E-state index contributed by atoms with van der Waals surface area (Å²) in [6, 6.07) is 7.64. The number of benzene rings is 1. The number of amides is 1. The van der Waals surface area contributed by atoms with Gasteiger partial charge in [-0.25, -0.2) is 4.79 Å². The lowest BCUT2D eigenvalue weighted by molar-refractivity contribution is -0.139. The van der Waals surface area contributed by atoms with Crippen LogP contribution >= 0.6 is 0 Å². The van der Waals surface area contributed by atoms with Crippen molar-refractivity contribution >= 4 is 11.9 Å². The van der Waals surface area contributed by atoms with Crippen LogP contribution in [-0.4, -0.2) is 23.0 Å². The number of nitrogens with one attached hydrogen (secondary N) is 1. The molecule has 0 aliphatic carbocycles. The highest BCUT2D eigenvalue weighted by Crippen LogP contribution is 2.07. The van der Waals surface area contributed by atoms with Crippen molar-refractivity contribution in [2.45, 2.75) is 25.8 Å². The Morgan fingerprint density at radius 2 is 2.25 bits per heavy atom. The predicted molar refractivity (Wildman–Crippen MR) is 74.1 cm³/mol. The number of aliphatic carboxylic acids is 1. The molecule has 0 fully saturated rings. The maximum absolute atomic E-state index is 12.0. The summed E-state index contributed by atoms with van der Waals surface area (Å²) in [4.78, 5) is 23.0. The molecule has 2 N–H and O–H groups in total. The van der Waals surface area contributed by atoms with Crippen LogP contribution in [0.4, 0.5) is 0 Å². The van der Waals surface area contributed by atoms with Crippen molar-refractivity contribution in [3.63, 3.8) is 0 Å². The minimum absolute atomic E-state index is 0.210. The van der Waals surface area contributed by atoms with Crippen molar-refractivity contribution < 1.29 is 14.7 Å². The zero-order chi connectivity index (χ0) is 15.0. The van der Waals surface area contributed by atoms with Gasteiger partial charge in [-0.1, -0.05) is 24.3 Å². The van der Waals surface area contributed by atoms with Gasteiger partial charge in [0.2, 0.25) is 0 Å². The molecule has 0 radical (unpaired) electrons. The van der Waals surface area contributed by atoms with Crippen LogP contribution in [0.1, 0.15) is 29.3 Å². The van der Waals surface area contributed by atoms with Crippen molar-refractivity contribution in [3.05, 3.63) is 47.5 Å². The van der Waals surface area contributed by atoms with Gasteiger partial charge in [-0.05, 0) is 31.0 Å². The maximum Gasteiger partial charge on any atom is 0.326 e. The second kappa shape index (κ2) is 7.74. The van der Waals surface area contributed by atoms with Gasteiger partial charge in [-0.15, -0.1) is 0 Å². The fourth-order valence-electron chi connectivity index (χ4n) is 1.65. The number of carbonyl (C=O) groups excluding carboxylic acids is 1. The lowest BCUT2D eigenvalue weighted by atomic mass is 10.1. The molecule has 0 spiro atoms. The Morgan fingerprint density at radius 3 is 2.85 bits per heavy atom. The van der Waals surface area contributed by atoms with Crippen LogP contribution in [-0.2, 0) is 11.2 Å². The predicted octanol–water partition coefficient (Wildman–Crippen LogP) is 1.90. The van der Waals surface area contributed by atoms with Crippen molar-refractivity contribution in [2.75, 3.05) is 0 Å². The topological polar surface area (TPSA) is 90.2 Å². The number of carboxylic acid groups (broad SMARTS) is 1. The minimum Gasteiger partial charge on any atom is -0.480 e. The molecule has 1 rings (SSSR count). The smallest absolute Gasteiger partial charge is 0.326 e. The summed E-state index contributed by atoms with van der Waals surface area (Å²) in [5.74, 6) is -1.54. The Hall–Kier alpha value is -2.61. The molecule has 0 saturated heterocycles. The molecule has 1 aromatic rings. The van der Waals surface area contributed by atoms with Crippen LogP contribution in [0, 0.1) is 11.3 Å². The quantitative estimate of drug-likeness (QED) is 0.774. The average Bonchev–Trinajstić information content (AvgIpc) is 2.43. The SMILES string of the molecule is C/C=C/CC(NC(=O)c1cccc(CC#N)c1)C(=O)O. The molecular weight excluding hydrogens is 256 g/mol. The number of hydrogen-bond acceptors (Lipinski definition) is 3. The number of carbonyl (C=O) groups is 2. The van der Waals surface area contributed by atoms with E-state index in [9.17, 15) is 9.59 Å². The molecule has 0 saturated carbocycles. The molecule has 0 aliphatic rings. The van der Waals surface area contributed by atoms with E-state index in [0.29, 0.717) is 5.56 Å². The van der Waals surface area contributed by atoms with Gasteiger partial charge in [-0.2, -0.15) is 5.26 Å². The second-order valence-electron chi connectivity index (χ2n) is 4.20. The van der Waals surface area contributed by atoms with Gasteiger partial charge < -0.3 is 10.4 Å². The first kappa shape index (κ1) is 15.4. The first-order valence-electron chi connectivity index (χ1n) is 6.19. The van der Waals surface area contributed by atoms with E-state index in [1.54, 1.807) is 43.3 Å². The lowest BCUT2D eigenvalue weighted by Crippen LogP contribution is -2.40. The molecule has 20 heavy (non-hydrogen) atoms. The van der Waals surface area contributed by atoms with Crippen molar-refractivity contribution in [3.8, 4) is 6.07 Å². The fraction of sp³-hybridized carbons (Fsp3) is 0.267. The van der Waals surface area contributed by atoms with Gasteiger partial charge in [0.1, 0.15) is 6.04 Å². The number of nitriles is 1. The van der Waals surface area contributed by atoms with E-state index in [4.69, 9.17) is 10.4 Å². The van der Waals surface area contributed by atoms with Crippen molar-refractivity contribution in [1.82, 2.24) is 5.32 Å². The van der Waals surface area contributed by atoms with Crippen molar-refractivity contribution in [1.29, 1.82) is 5.26 Å². The summed E-state index contributed by atoms with van der Waals surface area (Å²) in [5.41, 5.74) is 1.07. The van der Waals surface area contributed by atoms with E-state index in [2.05, 4.69) is 5.32 Å². The highest BCUT2D eigenvalue weighted by atomic mass is 16.4. The van der Waals surface area contributed by atoms with E-state index < -0.39 is 17.9 Å². The zero-order valence-electron chi connectivity index (χ0n) is 11.2. The van der Waals surface area contributed by atoms with Crippen LogP contribution in [0.15, 0.2) is 36.4 Å². The summed E-state index contributed by atoms with van der Waals surface area (Å²) in [7, 11) is 0. The van der Waals surface area contributed by atoms with Crippen molar-refractivity contribution in [2.24, 2.45) is 0 Å². The standard InChI is InChI=1S/C15H16N2O3/c1-2-3-7-13(15(19)20)17-14(18)12-6-4-5-11(10-12)8-9-16/h2-6,10,13H,7-8H2,1H3,(H,17,18)(H,19,20)/b3-2+. The Balaban J connectivity index is 2.81. The third-order valence-corrected chi connectivity index (χ3v) is 2.68. The van der Waals surface area contributed by atoms with E-state index in [0.717, 1.165) is 5.56 Å². The molecule has 1 unspecified atom stereocenters. The maximum atomic E-state index is 12.0. The molecule has 0 heterocycles. The van der Waals surface area contributed by atoms with E-state index in [1.807, 2.05) is 6.07 Å².